The standard InChI is InChI=1S/C29H29ClN2O/c1-20-8-7-11-26(18-20)32-22(3)27(19-28(32)24-14-16-25(30)17-15-24)29(33)31-21(2)12-13-23-9-5-4-6-10-23/h4-11,14-19,21H,12-13H2,1-3H3,(H,31,33). The maximum atomic E-state index is 13.3. The van der Waals surface area contributed by atoms with Gasteiger partial charge < -0.3 is 9.88 Å². The van der Waals surface area contributed by atoms with E-state index in [1.165, 1.54) is 11.1 Å². The van der Waals surface area contributed by atoms with Crippen molar-refractivity contribution in [1.29, 1.82) is 0 Å². The van der Waals surface area contributed by atoms with Gasteiger partial charge in [-0.2, -0.15) is 0 Å². The molecule has 1 aromatic heterocycles. The normalized spacial score (nSPS) is 11.9. The summed E-state index contributed by atoms with van der Waals surface area (Å²) in [5.74, 6) is -0.0466. The van der Waals surface area contributed by atoms with Crippen molar-refractivity contribution in [3.8, 4) is 16.9 Å². The van der Waals surface area contributed by atoms with E-state index in [-0.39, 0.29) is 11.9 Å². The van der Waals surface area contributed by atoms with Crippen LogP contribution in [-0.2, 0) is 6.42 Å². The summed E-state index contributed by atoms with van der Waals surface area (Å²) in [6, 6.07) is 28.5. The minimum absolute atomic E-state index is 0.0466. The van der Waals surface area contributed by atoms with Crippen molar-refractivity contribution in [1.82, 2.24) is 9.88 Å². The number of benzene rings is 3. The fourth-order valence-electron chi connectivity index (χ4n) is 4.17. The number of hydrogen-bond donors (Lipinski definition) is 1. The zero-order chi connectivity index (χ0) is 23.4. The first-order valence-corrected chi connectivity index (χ1v) is 11.7. The number of nitrogens with zero attached hydrogens (tertiary/aromatic N) is 1. The van der Waals surface area contributed by atoms with Crippen LogP contribution in [0.5, 0.6) is 0 Å². The van der Waals surface area contributed by atoms with Crippen molar-refractivity contribution < 1.29 is 4.79 Å². The summed E-state index contributed by atoms with van der Waals surface area (Å²) < 4.78 is 2.15. The number of carbonyl (C=O) groups is 1. The number of halogens is 1. The Morgan fingerprint density at radius 3 is 2.36 bits per heavy atom. The molecule has 1 unspecified atom stereocenters. The van der Waals surface area contributed by atoms with Gasteiger partial charge in [0.05, 0.1) is 11.3 Å². The highest BCUT2D eigenvalue weighted by Crippen LogP contribution is 2.31. The van der Waals surface area contributed by atoms with Gasteiger partial charge >= 0.3 is 0 Å². The lowest BCUT2D eigenvalue weighted by Gasteiger charge is -2.15. The van der Waals surface area contributed by atoms with Crippen LogP contribution in [0.2, 0.25) is 5.02 Å². The Labute approximate surface area is 201 Å². The molecule has 33 heavy (non-hydrogen) atoms. The van der Waals surface area contributed by atoms with Gasteiger partial charge in [0.1, 0.15) is 0 Å². The number of carbonyl (C=O) groups excluding carboxylic acids is 1. The predicted molar refractivity (Wildman–Crippen MR) is 137 cm³/mol. The Morgan fingerprint density at radius 1 is 0.939 bits per heavy atom. The summed E-state index contributed by atoms with van der Waals surface area (Å²) in [5, 5.41) is 3.89. The molecule has 0 aliphatic carbocycles. The fraction of sp³-hybridized carbons (Fsp3) is 0.207. The quantitative estimate of drug-likeness (QED) is 0.314. The molecule has 0 saturated heterocycles. The number of hydrogen-bond acceptors (Lipinski definition) is 1. The van der Waals surface area contributed by atoms with E-state index in [0.29, 0.717) is 10.6 Å². The number of aryl methyl sites for hydroxylation is 2. The molecule has 0 radical (unpaired) electrons. The molecule has 1 amide bonds. The lowest BCUT2D eigenvalue weighted by Crippen LogP contribution is -2.33. The highest BCUT2D eigenvalue weighted by atomic mass is 35.5. The van der Waals surface area contributed by atoms with Crippen molar-refractivity contribution >= 4 is 17.5 Å². The van der Waals surface area contributed by atoms with Crippen LogP contribution in [0.3, 0.4) is 0 Å². The van der Waals surface area contributed by atoms with E-state index in [2.05, 4.69) is 54.1 Å². The largest absolute Gasteiger partial charge is 0.350 e. The molecule has 1 atom stereocenters. The Balaban J connectivity index is 1.63. The van der Waals surface area contributed by atoms with Crippen LogP contribution >= 0.6 is 11.6 Å². The highest BCUT2D eigenvalue weighted by Gasteiger charge is 2.21. The molecular formula is C29H29ClN2O. The van der Waals surface area contributed by atoms with Gasteiger partial charge in [-0.1, -0.05) is 66.2 Å². The molecular weight excluding hydrogens is 428 g/mol. The van der Waals surface area contributed by atoms with Gasteiger partial charge in [-0.3, -0.25) is 4.79 Å². The van der Waals surface area contributed by atoms with Crippen molar-refractivity contribution in [2.45, 2.75) is 39.7 Å². The summed E-state index contributed by atoms with van der Waals surface area (Å²) in [5.41, 5.74) is 7.07. The first-order valence-electron chi connectivity index (χ1n) is 11.3. The topological polar surface area (TPSA) is 34.0 Å². The molecule has 1 N–H and O–H groups in total. The van der Waals surface area contributed by atoms with E-state index >= 15 is 0 Å². The summed E-state index contributed by atoms with van der Waals surface area (Å²) in [4.78, 5) is 13.3. The molecule has 1 heterocycles. The average Bonchev–Trinajstić information content (AvgIpc) is 3.16. The third kappa shape index (κ3) is 5.37. The first-order chi connectivity index (χ1) is 15.9. The van der Waals surface area contributed by atoms with Crippen LogP contribution in [0.4, 0.5) is 0 Å². The summed E-state index contributed by atoms with van der Waals surface area (Å²) in [6.07, 6.45) is 1.82. The molecule has 0 bridgehead atoms. The lowest BCUT2D eigenvalue weighted by molar-refractivity contribution is 0.0938. The van der Waals surface area contributed by atoms with Gasteiger partial charge in [-0.15, -0.1) is 0 Å². The highest BCUT2D eigenvalue weighted by molar-refractivity contribution is 6.30. The summed E-state index contributed by atoms with van der Waals surface area (Å²) in [7, 11) is 0. The predicted octanol–water partition coefficient (Wildman–Crippen LogP) is 7.17. The van der Waals surface area contributed by atoms with Crippen molar-refractivity contribution in [3.63, 3.8) is 0 Å². The third-order valence-electron chi connectivity index (χ3n) is 5.98. The fourth-order valence-corrected chi connectivity index (χ4v) is 4.30. The average molecular weight is 457 g/mol. The van der Waals surface area contributed by atoms with Crippen LogP contribution < -0.4 is 5.32 Å². The number of nitrogens with one attached hydrogen (secondary N) is 1. The van der Waals surface area contributed by atoms with E-state index < -0.39 is 0 Å². The Hall–Kier alpha value is -3.30. The summed E-state index contributed by atoms with van der Waals surface area (Å²) >= 11 is 6.12. The monoisotopic (exact) mass is 456 g/mol. The SMILES string of the molecule is Cc1cccc(-n2c(-c3ccc(Cl)cc3)cc(C(=O)NC(C)CCc3ccccc3)c2C)c1. The number of aromatic nitrogens is 1. The first kappa shape index (κ1) is 22.9. The lowest BCUT2D eigenvalue weighted by atomic mass is 10.1. The molecule has 3 nitrogen and oxygen atoms in total. The molecule has 168 valence electrons. The molecule has 0 aliphatic heterocycles. The second-order valence-electron chi connectivity index (χ2n) is 8.61. The van der Waals surface area contributed by atoms with Crippen LogP contribution in [0.1, 0.15) is 40.5 Å². The van der Waals surface area contributed by atoms with Crippen LogP contribution in [0.15, 0.2) is 84.9 Å². The molecule has 4 heteroatoms. The van der Waals surface area contributed by atoms with E-state index in [4.69, 9.17) is 11.6 Å². The summed E-state index contributed by atoms with van der Waals surface area (Å²) in [6.45, 7) is 6.14. The molecule has 4 rings (SSSR count). The van der Waals surface area contributed by atoms with Crippen LogP contribution in [0, 0.1) is 13.8 Å². The van der Waals surface area contributed by atoms with E-state index in [1.54, 1.807) is 0 Å². The molecule has 3 aromatic carbocycles. The van der Waals surface area contributed by atoms with Gasteiger partial charge in [0, 0.05) is 22.4 Å². The van der Waals surface area contributed by atoms with E-state index in [1.807, 2.05) is 61.5 Å². The molecule has 0 saturated carbocycles. The Bertz CT molecular complexity index is 1240. The van der Waals surface area contributed by atoms with Gasteiger partial charge in [0.25, 0.3) is 5.91 Å². The van der Waals surface area contributed by atoms with E-state index in [9.17, 15) is 4.79 Å². The Morgan fingerprint density at radius 2 is 1.67 bits per heavy atom. The van der Waals surface area contributed by atoms with Crippen LogP contribution in [-0.4, -0.2) is 16.5 Å². The van der Waals surface area contributed by atoms with Crippen LogP contribution in [0.25, 0.3) is 16.9 Å². The molecule has 4 aromatic rings. The Kier molecular flexibility index (Phi) is 7.00. The van der Waals surface area contributed by atoms with Gasteiger partial charge in [-0.05, 0) is 80.6 Å². The zero-order valence-electron chi connectivity index (χ0n) is 19.3. The third-order valence-corrected chi connectivity index (χ3v) is 6.23. The zero-order valence-corrected chi connectivity index (χ0v) is 20.1. The maximum absolute atomic E-state index is 13.3. The van der Waals surface area contributed by atoms with Crippen molar-refractivity contribution in [3.05, 3.63) is 112 Å². The second kappa shape index (κ2) is 10.1. The number of rotatable bonds is 7. The minimum Gasteiger partial charge on any atom is -0.350 e. The van der Waals surface area contributed by atoms with Gasteiger partial charge in [0.2, 0.25) is 0 Å². The minimum atomic E-state index is -0.0466. The molecule has 0 aliphatic rings. The number of amides is 1. The van der Waals surface area contributed by atoms with Gasteiger partial charge in [-0.25, -0.2) is 0 Å². The van der Waals surface area contributed by atoms with Crippen molar-refractivity contribution in [2.75, 3.05) is 0 Å². The maximum Gasteiger partial charge on any atom is 0.253 e. The second-order valence-corrected chi connectivity index (χ2v) is 9.05. The van der Waals surface area contributed by atoms with Crippen molar-refractivity contribution in [2.24, 2.45) is 0 Å². The van der Waals surface area contributed by atoms with Gasteiger partial charge in [0.15, 0.2) is 0 Å². The molecule has 0 fully saturated rings. The van der Waals surface area contributed by atoms with E-state index in [0.717, 1.165) is 35.5 Å². The molecule has 0 spiro atoms. The smallest absolute Gasteiger partial charge is 0.253 e.